The van der Waals surface area contributed by atoms with Gasteiger partial charge < -0.3 is 11.1 Å². The Balaban J connectivity index is 1.98. The minimum absolute atomic E-state index is 0.290. The quantitative estimate of drug-likeness (QED) is 0.825. The lowest BCUT2D eigenvalue weighted by molar-refractivity contribution is 0.160. The average molecular weight is 268 g/mol. The molecule has 1 aliphatic heterocycles. The molecule has 4 heteroatoms. The van der Waals surface area contributed by atoms with E-state index in [1.54, 1.807) is 0 Å². The van der Waals surface area contributed by atoms with Crippen molar-refractivity contribution in [2.45, 2.75) is 32.9 Å². The maximum absolute atomic E-state index is 6.00. The third kappa shape index (κ3) is 3.30. The summed E-state index contributed by atoms with van der Waals surface area (Å²) in [5.74, 6) is 0.852. The van der Waals surface area contributed by atoms with E-state index in [1.807, 2.05) is 18.2 Å². The number of likely N-dealkylation sites (tertiary alicyclic amines) is 1. The molecule has 1 heterocycles. The number of benzene rings is 1. The summed E-state index contributed by atoms with van der Waals surface area (Å²) in [4.78, 5) is 2.46. The van der Waals surface area contributed by atoms with E-state index >= 15 is 0 Å². The van der Waals surface area contributed by atoms with Crippen LogP contribution in [0.5, 0.6) is 0 Å². The zero-order valence-electron chi connectivity index (χ0n) is 11.1. The normalized spacial score (nSPS) is 19.7. The van der Waals surface area contributed by atoms with Gasteiger partial charge in [-0.2, -0.15) is 0 Å². The first-order valence-corrected chi connectivity index (χ1v) is 6.99. The first kappa shape index (κ1) is 13.5. The highest BCUT2D eigenvalue weighted by Crippen LogP contribution is 2.25. The molecule has 18 heavy (non-hydrogen) atoms. The number of hydrogen-bond donors (Lipinski definition) is 2. The molecule has 1 unspecified atom stereocenters. The van der Waals surface area contributed by atoms with Crippen molar-refractivity contribution in [3.63, 3.8) is 0 Å². The summed E-state index contributed by atoms with van der Waals surface area (Å²) in [5, 5.41) is 4.17. The predicted octanol–water partition coefficient (Wildman–Crippen LogP) is 3.41. The van der Waals surface area contributed by atoms with E-state index in [2.05, 4.69) is 24.1 Å². The fraction of sp³-hybridized carbons (Fsp3) is 0.571. The zero-order chi connectivity index (χ0) is 13.1. The van der Waals surface area contributed by atoms with E-state index in [-0.39, 0.29) is 0 Å². The van der Waals surface area contributed by atoms with Gasteiger partial charge in [-0.15, -0.1) is 0 Å². The highest BCUT2D eigenvalue weighted by Gasteiger charge is 2.20. The number of hydrogen-bond acceptors (Lipinski definition) is 3. The number of nitrogens with one attached hydrogen (secondary N) is 1. The van der Waals surface area contributed by atoms with E-state index in [9.17, 15) is 0 Å². The number of halogens is 1. The summed E-state index contributed by atoms with van der Waals surface area (Å²) in [5.41, 5.74) is 7.62. The summed E-state index contributed by atoms with van der Waals surface area (Å²) in [7, 11) is 0. The van der Waals surface area contributed by atoms with E-state index in [0.717, 1.165) is 30.4 Å². The van der Waals surface area contributed by atoms with Gasteiger partial charge in [0, 0.05) is 18.1 Å². The molecule has 0 amide bonds. The molecule has 0 radical (unpaired) electrons. The molecule has 1 aliphatic rings. The Hall–Kier alpha value is -0.930. The van der Waals surface area contributed by atoms with Gasteiger partial charge in [-0.05, 0) is 43.9 Å². The Bertz CT molecular complexity index is 400. The minimum Gasteiger partial charge on any atom is -0.397 e. The minimum atomic E-state index is 0.290. The van der Waals surface area contributed by atoms with Crippen LogP contribution in [-0.2, 0) is 0 Å². The van der Waals surface area contributed by atoms with Crippen LogP contribution >= 0.6 is 11.6 Å². The van der Waals surface area contributed by atoms with Crippen LogP contribution in [0.1, 0.15) is 26.7 Å². The lowest BCUT2D eigenvalue weighted by Crippen LogP contribution is -2.43. The molecule has 0 aliphatic carbocycles. The second-order valence-corrected chi connectivity index (χ2v) is 5.71. The summed E-state index contributed by atoms with van der Waals surface area (Å²) in [6.07, 6.45) is 2.84. The Morgan fingerprint density at radius 1 is 1.39 bits per heavy atom. The van der Waals surface area contributed by atoms with Crippen molar-refractivity contribution in [3.8, 4) is 0 Å². The number of piperidine rings is 1. The van der Waals surface area contributed by atoms with Crippen LogP contribution in [0, 0.1) is 5.92 Å². The van der Waals surface area contributed by atoms with Gasteiger partial charge >= 0.3 is 0 Å². The lowest BCUT2D eigenvalue weighted by atomic mass is 9.99. The Morgan fingerprint density at radius 2 is 2.06 bits per heavy atom. The van der Waals surface area contributed by atoms with Crippen LogP contribution in [0.15, 0.2) is 18.2 Å². The van der Waals surface area contributed by atoms with Gasteiger partial charge in [-0.1, -0.05) is 18.5 Å². The van der Waals surface area contributed by atoms with Crippen molar-refractivity contribution in [2.24, 2.45) is 5.92 Å². The zero-order valence-corrected chi connectivity index (χ0v) is 11.9. The smallest absolute Gasteiger partial charge is 0.0765 e. The number of rotatable bonds is 3. The van der Waals surface area contributed by atoms with E-state index in [4.69, 9.17) is 17.3 Å². The van der Waals surface area contributed by atoms with Crippen molar-refractivity contribution in [1.82, 2.24) is 4.90 Å². The maximum atomic E-state index is 6.00. The second kappa shape index (κ2) is 5.81. The van der Waals surface area contributed by atoms with Crippen molar-refractivity contribution >= 4 is 23.0 Å². The van der Waals surface area contributed by atoms with Crippen LogP contribution in [0.25, 0.3) is 0 Å². The molecule has 2 rings (SSSR count). The molecule has 1 atom stereocenters. The van der Waals surface area contributed by atoms with Gasteiger partial charge in [0.05, 0.1) is 17.5 Å². The highest BCUT2D eigenvalue weighted by atomic mass is 35.5. The molecule has 100 valence electrons. The van der Waals surface area contributed by atoms with Crippen LogP contribution in [0.3, 0.4) is 0 Å². The molecular formula is C14H22ClN3. The van der Waals surface area contributed by atoms with Crippen molar-refractivity contribution < 1.29 is 0 Å². The van der Waals surface area contributed by atoms with Crippen molar-refractivity contribution in [3.05, 3.63) is 23.2 Å². The lowest BCUT2D eigenvalue weighted by Gasteiger charge is -2.35. The molecule has 1 aromatic carbocycles. The van der Waals surface area contributed by atoms with Gasteiger partial charge in [-0.25, -0.2) is 0 Å². The fourth-order valence-electron chi connectivity index (χ4n) is 2.39. The van der Waals surface area contributed by atoms with E-state index in [0.29, 0.717) is 11.2 Å². The largest absolute Gasteiger partial charge is 0.397 e. The molecule has 0 spiro atoms. The molecule has 1 fully saturated rings. The standard InChI is InChI=1S/C14H22ClN3/c1-10-5-7-18(8-6-10)11(2)17-14-9-12(15)3-4-13(14)16/h3-4,9-11,17H,5-8,16H2,1-2H3. The molecule has 0 saturated carbocycles. The van der Waals surface area contributed by atoms with Crippen LogP contribution < -0.4 is 11.1 Å². The summed E-state index contributed by atoms with van der Waals surface area (Å²) in [6.45, 7) is 6.80. The predicted molar refractivity (Wildman–Crippen MR) is 78.9 cm³/mol. The molecule has 0 bridgehead atoms. The molecule has 1 aromatic rings. The van der Waals surface area contributed by atoms with Crippen LogP contribution in [0.4, 0.5) is 11.4 Å². The van der Waals surface area contributed by atoms with Crippen molar-refractivity contribution in [1.29, 1.82) is 0 Å². The number of nitrogens with two attached hydrogens (primary N) is 1. The first-order valence-electron chi connectivity index (χ1n) is 6.62. The maximum Gasteiger partial charge on any atom is 0.0765 e. The molecule has 3 nitrogen and oxygen atoms in total. The van der Waals surface area contributed by atoms with Gasteiger partial charge in [0.1, 0.15) is 0 Å². The highest BCUT2D eigenvalue weighted by molar-refractivity contribution is 6.31. The Kier molecular flexibility index (Phi) is 4.36. The summed E-state index contributed by atoms with van der Waals surface area (Å²) >= 11 is 6.00. The SMILES string of the molecule is CC1CCN(C(C)Nc2cc(Cl)ccc2N)CC1. The summed E-state index contributed by atoms with van der Waals surface area (Å²) < 4.78 is 0. The van der Waals surface area contributed by atoms with E-state index < -0.39 is 0 Å². The number of nitrogen functional groups attached to an aromatic ring is 1. The van der Waals surface area contributed by atoms with E-state index in [1.165, 1.54) is 12.8 Å². The van der Waals surface area contributed by atoms with Gasteiger partial charge in [0.15, 0.2) is 0 Å². The third-order valence-corrected chi connectivity index (χ3v) is 3.98. The van der Waals surface area contributed by atoms with Crippen molar-refractivity contribution in [2.75, 3.05) is 24.1 Å². The monoisotopic (exact) mass is 267 g/mol. The van der Waals surface area contributed by atoms with Crippen LogP contribution in [0.2, 0.25) is 5.02 Å². The van der Waals surface area contributed by atoms with Gasteiger partial charge in [0.25, 0.3) is 0 Å². The Morgan fingerprint density at radius 3 is 2.72 bits per heavy atom. The van der Waals surface area contributed by atoms with Gasteiger partial charge in [0.2, 0.25) is 0 Å². The third-order valence-electron chi connectivity index (χ3n) is 3.75. The molecular weight excluding hydrogens is 246 g/mol. The number of anilines is 2. The second-order valence-electron chi connectivity index (χ2n) is 5.27. The topological polar surface area (TPSA) is 41.3 Å². The Labute approximate surface area is 114 Å². The average Bonchev–Trinajstić information content (AvgIpc) is 2.34. The van der Waals surface area contributed by atoms with Crippen LogP contribution in [-0.4, -0.2) is 24.2 Å². The summed E-state index contributed by atoms with van der Waals surface area (Å²) in [6, 6.07) is 5.55. The number of nitrogens with zero attached hydrogens (tertiary/aromatic N) is 1. The van der Waals surface area contributed by atoms with Gasteiger partial charge in [-0.3, -0.25) is 4.90 Å². The first-order chi connectivity index (χ1) is 8.56. The molecule has 0 aromatic heterocycles. The molecule has 1 saturated heterocycles. The molecule has 3 N–H and O–H groups in total. The fourth-order valence-corrected chi connectivity index (χ4v) is 2.56.